The molecule has 1 aromatic carbocycles. The number of unbranched alkanes of at least 4 members (excludes halogenated alkanes) is 1. The van der Waals surface area contributed by atoms with Gasteiger partial charge in [0.25, 0.3) is 0 Å². The Kier molecular flexibility index (Phi) is 17.4. The third-order valence-electron chi connectivity index (χ3n) is 11.2. The summed E-state index contributed by atoms with van der Waals surface area (Å²) in [5.74, 6) is 3.14. The zero-order valence-corrected chi connectivity index (χ0v) is 31.2. The zero-order chi connectivity index (χ0) is 35.8. The van der Waals surface area contributed by atoms with Crippen molar-refractivity contribution in [1.82, 2.24) is 0 Å². The van der Waals surface area contributed by atoms with Crippen molar-refractivity contribution in [3.8, 4) is 5.75 Å². The molecule has 0 saturated heterocycles. The molecule has 3 rings (SSSR count). The first-order valence-electron chi connectivity index (χ1n) is 19.2. The van der Waals surface area contributed by atoms with E-state index in [1.165, 1.54) is 56.9 Å². The lowest BCUT2D eigenvalue weighted by atomic mass is 9.68. The molecule has 0 aromatic heterocycles. The Bertz CT molecular complexity index is 1140. The SMILES string of the molecule is C=C(C)C(=O)OCCCc1cc(C2CCC(C3CCC(C)CC3)CC2)cc(CCCOC(=O)C(=C)C)c1OCCC(CO)(CO)CCCC. The van der Waals surface area contributed by atoms with E-state index in [-0.39, 0.29) is 25.2 Å². The molecule has 0 atom stereocenters. The Hall–Kier alpha value is -2.64. The predicted octanol–water partition coefficient (Wildman–Crippen LogP) is 8.82. The van der Waals surface area contributed by atoms with E-state index in [0.29, 0.717) is 69.0 Å². The first-order valence-corrected chi connectivity index (χ1v) is 19.2. The molecule has 0 radical (unpaired) electrons. The minimum Gasteiger partial charge on any atom is -0.493 e. The highest BCUT2D eigenvalue weighted by molar-refractivity contribution is 5.87. The molecule has 0 amide bonds. The topological polar surface area (TPSA) is 102 Å². The summed E-state index contributed by atoms with van der Waals surface area (Å²) in [6.45, 7) is 16.0. The van der Waals surface area contributed by atoms with Crippen LogP contribution in [0.25, 0.3) is 0 Å². The molecule has 0 unspecified atom stereocenters. The fourth-order valence-electron chi connectivity index (χ4n) is 7.77. The van der Waals surface area contributed by atoms with Crippen LogP contribution >= 0.6 is 0 Å². The first-order chi connectivity index (χ1) is 23.5. The Morgan fingerprint density at radius 2 is 1.24 bits per heavy atom. The third kappa shape index (κ3) is 12.9. The molecule has 1 aromatic rings. The lowest BCUT2D eigenvalue weighted by Crippen LogP contribution is -2.32. The smallest absolute Gasteiger partial charge is 0.333 e. The van der Waals surface area contributed by atoms with E-state index in [4.69, 9.17) is 14.2 Å². The second kappa shape index (κ2) is 20.9. The van der Waals surface area contributed by atoms with Crippen molar-refractivity contribution in [3.05, 3.63) is 53.1 Å². The van der Waals surface area contributed by atoms with Gasteiger partial charge in [-0.15, -0.1) is 0 Å². The first kappa shape index (κ1) is 40.8. The maximum absolute atomic E-state index is 12.1. The number of aliphatic hydroxyl groups is 2. The van der Waals surface area contributed by atoms with Crippen molar-refractivity contribution in [2.45, 2.75) is 136 Å². The minimum absolute atomic E-state index is 0.0871. The van der Waals surface area contributed by atoms with Crippen LogP contribution in [0, 0.1) is 23.2 Å². The number of aryl methyl sites for hydroxylation is 2. The van der Waals surface area contributed by atoms with Gasteiger partial charge in [0.2, 0.25) is 0 Å². The van der Waals surface area contributed by atoms with Gasteiger partial charge in [-0.25, -0.2) is 9.59 Å². The zero-order valence-electron chi connectivity index (χ0n) is 31.2. The van der Waals surface area contributed by atoms with Crippen LogP contribution in [0.15, 0.2) is 36.4 Å². The highest BCUT2D eigenvalue weighted by Gasteiger charge is 2.32. The van der Waals surface area contributed by atoms with Gasteiger partial charge in [0.15, 0.2) is 0 Å². The molecule has 2 fully saturated rings. The van der Waals surface area contributed by atoms with Gasteiger partial charge in [-0.1, -0.05) is 64.8 Å². The normalized spacial score (nSPS) is 21.2. The van der Waals surface area contributed by atoms with Crippen molar-refractivity contribution < 1.29 is 34.0 Å². The Morgan fingerprint density at radius 3 is 1.69 bits per heavy atom. The molecule has 2 aliphatic rings. The second-order valence-electron chi connectivity index (χ2n) is 15.4. The Labute approximate surface area is 296 Å². The molecule has 0 bridgehead atoms. The maximum atomic E-state index is 12.1. The lowest BCUT2D eigenvalue weighted by Gasteiger charge is -2.37. The summed E-state index contributed by atoms with van der Waals surface area (Å²) >= 11 is 0. The van der Waals surface area contributed by atoms with Crippen molar-refractivity contribution in [3.63, 3.8) is 0 Å². The Balaban J connectivity index is 1.86. The molecule has 0 spiro atoms. The standard InChI is InChI=1S/C42H66O7/c1-7-8-21-42(28-43,29-44)22-25-47-39-36(11-9-23-48-40(45)30(2)3)26-38(27-37(39)12-10-24-49-41(46)31(4)5)35-19-17-34(18-20-35)33-15-13-32(6)14-16-33/h26-27,32-35,43-44H,2,4,7-25,28-29H2,1,3,5-6H3. The summed E-state index contributed by atoms with van der Waals surface area (Å²) in [5, 5.41) is 20.5. The van der Waals surface area contributed by atoms with Crippen LogP contribution < -0.4 is 4.74 Å². The number of ether oxygens (including phenoxy) is 3. The lowest BCUT2D eigenvalue weighted by molar-refractivity contribution is -0.139. The van der Waals surface area contributed by atoms with Gasteiger partial charge in [-0.3, -0.25) is 0 Å². The van der Waals surface area contributed by atoms with E-state index in [9.17, 15) is 19.8 Å². The number of benzene rings is 1. The molecule has 276 valence electrons. The highest BCUT2D eigenvalue weighted by Crippen LogP contribution is 2.45. The van der Waals surface area contributed by atoms with E-state index in [1.807, 2.05) is 0 Å². The number of rotatable bonds is 21. The summed E-state index contributed by atoms with van der Waals surface area (Å²) in [7, 11) is 0. The van der Waals surface area contributed by atoms with Gasteiger partial charge in [0, 0.05) is 16.6 Å². The summed E-state index contributed by atoms with van der Waals surface area (Å²) in [5.41, 5.74) is 3.71. The molecule has 7 nitrogen and oxygen atoms in total. The van der Waals surface area contributed by atoms with E-state index in [0.717, 1.165) is 53.9 Å². The number of esters is 2. The molecule has 2 saturated carbocycles. The molecule has 2 N–H and O–H groups in total. The van der Waals surface area contributed by atoms with Crippen LogP contribution in [0.3, 0.4) is 0 Å². The van der Waals surface area contributed by atoms with Gasteiger partial charge in [-0.05, 0) is 131 Å². The van der Waals surface area contributed by atoms with E-state index in [1.54, 1.807) is 13.8 Å². The van der Waals surface area contributed by atoms with E-state index in [2.05, 4.69) is 39.1 Å². The summed E-state index contributed by atoms with van der Waals surface area (Å²) in [6, 6.07) is 4.63. The number of hydrogen-bond donors (Lipinski definition) is 2. The van der Waals surface area contributed by atoms with Crippen LogP contribution in [-0.4, -0.2) is 55.2 Å². The van der Waals surface area contributed by atoms with Crippen molar-refractivity contribution in [2.24, 2.45) is 23.2 Å². The quantitative estimate of drug-likeness (QED) is 0.0759. The van der Waals surface area contributed by atoms with Crippen molar-refractivity contribution in [1.29, 1.82) is 0 Å². The van der Waals surface area contributed by atoms with Crippen LogP contribution in [0.5, 0.6) is 5.75 Å². The Morgan fingerprint density at radius 1 is 0.755 bits per heavy atom. The average molecular weight is 683 g/mol. The fourth-order valence-corrected chi connectivity index (χ4v) is 7.77. The maximum Gasteiger partial charge on any atom is 0.333 e. The monoisotopic (exact) mass is 682 g/mol. The van der Waals surface area contributed by atoms with Crippen molar-refractivity contribution in [2.75, 3.05) is 33.0 Å². The third-order valence-corrected chi connectivity index (χ3v) is 11.2. The van der Waals surface area contributed by atoms with Gasteiger partial charge >= 0.3 is 11.9 Å². The molecule has 0 heterocycles. The molecular weight excluding hydrogens is 616 g/mol. The van der Waals surface area contributed by atoms with Gasteiger partial charge in [-0.2, -0.15) is 0 Å². The highest BCUT2D eigenvalue weighted by atomic mass is 16.5. The average Bonchev–Trinajstić information content (AvgIpc) is 3.10. The van der Waals surface area contributed by atoms with E-state index < -0.39 is 5.41 Å². The van der Waals surface area contributed by atoms with Gasteiger partial charge in [0.05, 0.1) is 33.0 Å². The summed E-state index contributed by atoms with van der Waals surface area (Å²) in [4.78, 5) is 24.1. The van der Waals surface area contributed by atoms with Crippen LogP contribution in [0.4, 0.5) is 0 Å². The van der Waals surface area contributed by atoms with Gasteiger partial charge < -0.3 is 24.4 Å². The second-order valence-corrected chi connectivity index (χ2v) is 15.4. The summed E-state index contributed by atoms with van der Waals surface area (Å²) < 4.78 is 17.5. The molecule has 7 heteroatoms. The molecular formula is C42H66O7. The van der Waals surface area contributed by atoms with Gasteiger partial charge in [0.1, 0.15) is 5.75 Å². The minimum atomic E-state index is -0.585. The number of carbonyl (C=O) groups excluding carboxylic acids is 2. The largest absolute Gasteiger partial charge is 0.493 e. The molecule has 2 aliphatic carbocycles. The fraction of sp³-hybridized carbons (Fsp3) is 0.714. The van der Waals surface area contributed by atoms with Crippen LogP contribution in [0.2, 0.25) is 0 Å². The predicted molar refractivity (Wildman–Crippen MR) is 197 cm³/mol. The number of hydrogen-bond acceptors (Lipinski definition) is 7. The number of carbonyl (C=O) groups is 2. The van der Waals surface area contributed by atoms with Crippen LogP contribution in [-0.2, 0) is 31.9 Å². The number of aliphatic hydroxyl groups excluding tert-OH is 2. The molecule has 0 aliphatic heterocycles. The summed E-state index contributed by atoms with van der Waals surface area (Å²) in [6.07, 6.45) is 16.3. The van der Waals surface area contributed by atoms with Crippen molar-refractivity contribution >= 4 is 11.9 Å². The molecule has 49 heavy (non-hydrogen) atoms. The van der Waals surface area contributed by atoms with E-state index >= 15 is 0 Å². The van der Waals surface area contributed by atoms with Crippen LogP contribution in [0.1, 0.15) is 140 Å².